The second-order valence-corrected chi connectivity index (χ2v) is 3.46. The van der Waals surface area contributed by atoms with Gasteiger partial charge in [0.1, 0.15) is 0 Å². The Balaban J connectivity index is 4.08. The van der Waals surface area contributed by atoms with Gasteiger partial charge in [0.15, 0.2) is 0 Å². The predicted molar refractivity (Wildman–Crippen MR) is 56.3 cm³/mol. The van der Waals surface area contributed by atoms with Crippen molar-refractivity contribution in [1.29, 1.82) is 0 Å². The van der Waals surface area contributed by atoms with Crippen LogP contribution in [-0.2, 0) is 4.79 Å². The molecule has 5 nitrogen and oxygen atoms in total. The van der Waals surface area contributed by atoms with Crippen molar-refractivity contribution >= 4 is 12.0 Å². The highest BCUT2D eigenvalue weighted by Gasteiger charge is 2.31. The van der Waals surface area contributed by atoms with E-state index in [1.165, 1.54) is 0 Å². The zero-order chi connectivity index (χ0) is 11.9. The molecule has 0 bridgehead atoms. The van der Waals surface area contributed by atoms with Gasteiger partial charge in [-0.1, -0.05) is 12.8 Å². The van der Waals surface area contributed by atoms with Crippen LogP contribution in [0.4, 0.5) is 4.79 Å². The number of carboxylic acids is 1. The number of hydrogen-bond donors (Lipinski definition) is 3. The standard InChI is InChI=1S/C10H16N2O3/c1-4-6-11-9(15)12-7-10(3,5-2)8(13)14/h1H,5-7H2,2-3H3,(H,13,14)(H2,11,12,15). The van der Waals surface area contributed by atoms with Crippen LogP contribution in [0.15, 0.2) is 0 Å². The minimum Gasteiger partial charge on any atom is -0.481 e. The number of urea groups is 1. The number of carbonyl (C=O) groups is 2. The van der Waals surface area contributed by atoms with E-state index in [2.05, 4.69) is 16.6 Å². The van der Waals surface area contributed by atoms with Crippen LogP contribution >= 0.6 is 0 Å². The van der Waals surface area contributed by atoms with Crippen LogP contribution in [0.5, 0.6) is 0 Å². The van der Waals surface area contributed by atoms with Gasteiger partial charge in [-0.3, -0.25) is 4.79 Å². The molecule has 15 heavy (non-hydrogen) atoms. The van der Waals surface area contributed by atoms with Gasteiger partial charge in [-0.2, -0.15) is 0 Å². The Kier molecular flexibility index (Phi) is 5.24. The normalized spacial score (nSPS) is 13.4. The fourth-order valence-electron chi connectivity index (χ4n) is 0.821. The quantitative estimate of drug-likeness (QED) is 0.578. The van der Waals surface area contributed by atoms with Gasteiger partial charge in [-0.15, -0.1) is 6.42 Å². The molecule has 0 fully saturated rings. The van der Waals surface area contributed by atoms with E-state index in [0.29, 0.717) is 6.42 Å². The summed E-state index contributed by atoms with van der Waals surface area (Å²) in [5.74, 6) is 1.32. The SMILES string of the molecule is C#CCNC(=O)NCC(C)(CC)C(=O)O. The molecular formula is C10H16N2O3. The van der Waals surface area contributed by atoms with Crippen molar-refractivity contribution in [2.75, 3.05) is 13.1 Å². The molecule has 5 heteroatoms. The molecule has 0 saturated carbocycles. The van der Waals surface area contributed by atoms with Crippen LogP contribution in [0.25, 0.3) is 0 Å². The Hall–Kier alpha value is -1.70. The molecule has 84 valence electrons. The zero-order valence-corrected chi connectivity index (χ0v) is 8.96. The Morgan fingerprint density at radius 1 is 1.47 bits per heavy atom. The van der Waals surface area contributed by atoms with Gasteiger partial charge in [-0.25, -0.2) is 4.79 Å². The molecule has 1 atom stereocenters. The summed E-state index contributed by atoms with van der Waals surface area (Å²) < 4.78 is 0. The second-order valence-electron chi connectivity index (χ2n) is 3.46. The molecule has 0 aliphatic heterocycles. The predicted octanol–water partition coefficient (Wildman–Crippen LogP) is 0.420. The van der Waals surface area contributed by atoms with Crippen molar-refractivity contribution in [3.8, 4) is 12.3 Å². The first kappa shape index (κ1) is 13.3. The Labute approximate surface area is 89.2 Å². The van der Waals surface area contributed by atoms with Crippen LogP contribution in [-0.4, -0.2) is 30.2 Å². The Bertz CT molecular complexity index is 283. The van der Waals surface area contributed by atoms with E-state index in [1.54, 1.807) is 13.8 Å². The summed E-state index contributed by atoms with van der Waals surface area (Å²) in [6.45, 7) is 3.54. The molecule has 1 unspecified atom stereocenters. The second kappa shape index (κ2) is 5.91. The van der Waals surface area contributed by atoms with E-state index in [4.69, 9.17) is 11.5 Å². The molecule has 0 rings (SSSR count). The van der Waals surface area contributed by atoms with E-state index in [9.17, 15) is 9.59 Å². The molecule has 0 aromatic heterocycles. The molecule has 0 radical (unpaired) electrons. The highest BCUT2D eigenvalue weighted by molar-refractivity contribution is 5.77. The average molecular weight is 212 g/mol. The number of amides is 2. The lowest BCUT2D eigenvalue weighted by Crippen LogP contribution is -2.44. The first-order chi connectivity index (χ1) is 6.96. The maximum Gasteiger partial charge on any atom is 0.315 e. The van der Waals surface area contributed by atoms with Gasteiger partial charge < -0.3 is 15.7 Å². The van der Waals surface area contributed by atoms with Crippen molar-refractivity contribution in [2.45, 2.75) is 20.3 Å². The van der Waals surface area contributed by atoms with Gasteiger partial charge in [0, 0.05) is 6.54 Å². The molecular weight excluding hydrogens is 196 g/mol. The van der Waals surface area contributed by atoms with E-state index >= 15 is 0 Å². The summed E-state index contributed by atoms with van der Waals surface area (Å²) in [6.07, 6.45) is 5.39. The first-order valence-corrected chi connectivity index (χ1v) is 4.65. The van der Waals surface area contributed by atoms with E-state index in [1.807, 2.05) is 0 Å². The summed E-state index contributed by atoms with van der Waals surface area (Å²) in [4.78, 5) is 22.0. The van der Waals surface area contributed by atoms with Crippen molar-refractivity contribution in [3.05, 3.63) is 0 Å². The molecule has 0 aromatic carbocycles. The Morgan fingerprint density at radius 2 is 2.07 bits per heavy atom. The van der Waals surface area contributed by atoms with Gasteiger partial charge >= 0.3 is 12.0 Å². The third-order valence-electron chi connectivity index (χ3n) is 2.29. The van der Waals surface area contributed by atoms with E-state index in [0.717, 1.165) is 0 Å². The molecule has 0 aromatic rings. The fourth-order valence-corrected chi connectivity index (χ4v) is 0.821. The summed E-state index contributed by atoms with van der Waals surface area (Å²) >= 11 is 0. The lowest BCUT2D eigenvalue weighted by Gasteiger charge is -2.23. The van der Waals surface area contributed by atoms with Crippen LogP contribution in [0.1, 0.15) is 20.3 Å². The number of rotatable bonds is 5. The molecule has 0 aliphatic carbocycles. The van der Waals surface area contributed by atoms with Crippen LogP contribution in [0.3, 0.4) is 0 Å². The van der Waals surface area contributed by atoms with Crippen molar-refractivity contribution in [1.82, 2.24) is 10.6 Å². The topological polar surface area (TPSA) is 78.4 Å². The van der Waals surface area contributed by atoms with Crippen LogP contribution in [0, 0.1) is 17.8 Å². The van der Waals surface area contributed by atoms with Crippen molar-refractivity contribution < 1.29 is 14.7 Å². The smallest absolute Gasteiger partial charge is 0.315 e. The number of nitrogens with one attached hydrogen (secondary N) is 2. The van der Waals surface area contributed by atoms with E-state index < -0.39 is 17.4 Å². The zero-order valence-electron chi connectivity index (χ0n) is 8.96. The van der Waals surface area contributed by atoms with Gasteiger partial charge in [0.05, 0.1) is 12.0 Å². The van der Waals surface area contributed by atoms with Gasteiger partial charge in [0.25, 0.3) is 0 Å². The fraction of sp³-hybridized carbons (Fsp3) is 0.600. The number of carbonyl (C=O) groups excluding carboxylic acids is 1. The highest BCUT2D eigenvalue weighted by Crippen LogP contribution is 2.19. The number of terminal acetylenes is 1. The minimum atomic E-state index is -0.937. The number of hydrogen-bond acceptors (Lipinski definition) is 2. The van der Waals surface area contributed by atoms with Crippen molar-refractivity contribution in [3.63, 3.8) is 0 Å². The van der Waals surface area contributed by atoms with Crippen LogP contribution < -0.4 is 10.6 Å². The minimum absolute atomic E-state index is 0.0786. The molecule has 0 heterocycles. The number of aliphatic carboxylic acids is 1. The maximum absolute atomic E-state index is 11.1. The summed E-state index contributed by atoms with van der Waals surface area (Å²) in [5.41, 5.74) is -0.937. The third kappa shape index (κ3) is 4.36. The number of carboxylic acid groups (broad SMARTS) is 1. The van der Waals surface area contributed by atoms with Crippen molar-refractivity contribution in [2.24, 2.45) is 5.41 Å². The first-order valence-electron chi connectivity index (χ1n) is 4.65. The molecule has 0 aliphatic rings. The lowest BCUT2D eigenvalue weighted by molar-refractivity contribution is -0.147. The Morgan fingerprint density at radius 3 is 2.47 bits per heavy atom. The van der Waals surface area contributed by atoms with Crippen LogP contribution in [0.2, 0.25) is 0 Å². The molecule has 3 N–H and O–H groups in total. The molecule has 0 saturated heterocycles. The molecule has 2 amide bonds. The van der Waals surface area contributed by atoms with Gasteiger partial charge in [-0.05, 0) is 13.3 Å². The highest BCUT2D eigenvalue weighted by atomic mass is 16.4. The van der Waals surface area contributed by atoms with Gasteiger partial charge in [0.2, 0.25) is 0 Å². The monoisotopic (exact) mass is 212 g/mol. The summed E-state index contributed by atoms with van der Waals surface area (Å²) in [6, 6.07) is -0.450. The average Bonchev–Trinajstić information content (AvgIpc) is 2.22. The lowest BCUT2D eigenvalue weighted by atomic mass is 9.88. The maximum atomic E-state index is 11.1. The molecule has 0 spiro atoms. The van der Waals surface area contributed by atoms with E-state index in [-0.39, 0.29) is 13.1 Å². The third-order valence-corrected chi connectivity index (χ3v) is 2.29. The summed E-state index contributed by atoms with van der Waals surface area (Å²) in [7, 11) is 0. The summed E-state index contributed by atoms with van der Waals surface area (Å²) in [5, 5.41) is 13.8. The largest absolute Gasteiger partial charge is 0.481 e.